The van der Waals surface area contributed by atoms with Crippen LogP contribution in [-0.4, -0.2) is 54.4 Å². The van der Waals surface area contributed by atoms with E-state index in [1.165, 1.54) is 28.6 Å². The van der Waals surface area contributed by atoms with E-state index in [9.17, 15) is 16.8 Å². The monoisotopic (exact) mass is 425 g/mol. The summed E-state index contributed by atoms with van der Waals surface area (Å²) < 4.78 is 53.9. The van der Waals surface area contributed by atoms with Gasteiger partial charge in [-0.3, -0.25) is 0 Å². The van der Waals surface area contributed by atoms with Crippen LogP contribution in [0.2, 0.25) is 0 Å². The van der Waals surface area contributed by atoms with Crippen LogP contribution in [0, 0.1) is 11.8 Å². The first-order chi connectivity index (χ1) is 11.7. The number of sulfonamides is 2. The zero-order chi connectivity index (χ0) is 18.7. The first kappa shape index (κ1) is 23.3. The fourth-order valence-electron chi connectivity index (χ4n) is 3.14. The summed E-state index contributed by atoms with van der Waals surface area (Å²) in [7, 11) is -5.51. The molecule has 1 fully saturated rings. The fourth-order valence-corrected chi connectivity index (χ4v) is 5.85. The van der Waals surface area contributed by atoms with E-state index < -0.39 is 20.0 Å². The average Bonchev–Trinajstić information content (AvgIpc) is 2.54. The Morgan fingerprint density at radius 2 is 1.46 bits per heavy atom. The number of halogens is 1. The lowest BCUT2D eigenvalue weighted by atomic mass is 9.94. The Bertz CT molecular complexity index is 772. The highest BCUT2D eigenvalue weighted by Crippen LogP contribution is 2.27. The third-order valence-corrected chi connectivity index (χ3v) is 7.60. The topological polar surface area (TPSA) is 95.6 Å². The molecule has 7 nitrogen and oxygen atoms in total. The van der Waals surface area contributed by atoms with Gasteiger partial charge in [-0.15, -0.1) is 12.4 Å². The van der Waals surface area contributed by atoms with Crippen LogP contribution in [0.15, 0.2) is 34.1 Å². The van der Waals surface area contributed by atoms with Gasteiger partial charge < -0.3 is 5.32 Å². The quantitative estimate of drug-likeness (QED) is 0.641. The summed E-state index contributed by atoms with van der Waals surface area (Å²) in [5.74, 6) is 0.629. The van der Waals surface area contributed by atoms with Gasteiger partial charge in [0.05, 0.1) is 9.79 Å². The zero-order valence-electron chi connectivity index (χ0n) is 15.3. The Balaban J connectivity index is 0.00000338. The van der Waals surface area contributed by atoms with Crippen LogP contribution in [0.5, 0.6) is 0 Å². The molecule has 1 saturated heterocycles. The van der Waals surface area contributed by atoms with E-state index in [0.717, 1.165) is 6.42 Å². The molecular formula is C16H28ClN3O4S2. The molecule has 2 unspecified atom stereocenters. The van der Waals surface area contributed by atoms with Gasteiger partial charge in [-0.05, 0) is 49.6 Å². The van der Waals surface area contributed by atoms with Gasteiger partial charge in [0.1, 0.15) is 0 Å². The predicted octanol–water partition coefficient (Wildman–Crippen LogP) is 1.27. The minimum Gasteiger partial charge on any atom is -0.318 e. The van der Waals surface area contributed by atoms with Crippen LogP contribution in [0.25, 0.3) is 0 Å². The van der Waals surface area contributed by atoms with Crippen molar-refractivity contribution in [3.05, 3.63) is 24.3 Å². The van der Waals surface area contributed by atoms with Gasteiger partial charge in [-0.25, -0.2) is 21.6 Å². The molecule has 1 aromatic rings. The second-order valence-corrected chi connectivity index (χ2v) is 10.4. The number of benzene rings is 1. The van der Waals surface area contributed by atoms with E-state index in [2.05, 4.69) is 10.0 Å². The highest BCUT2D eigenvalue weighted by Gasteiger charge is 2.31. The number of piperidine rings is 1. The van der Waals surface area contributed by atoms with Gasteiger partial charge >= 0.3 is 0 Å². The Labute approximate surface area is 163 Å². The summed E-state index contributed by atoms with van der Waals surface area (Å²) in [6, 6.07) is 5.41. The Hall–Kier alpha value is -0.710. The van der Waals surface area contributed by atoms with Crippen LogP contribution in [0.3, 0.4) is 0 Å². The van der Waals surface area contributed by atoms with E-state index in [4.69, 9.17) is 0 Å². The molecule has 1 aliphatic heterocycles. The van der Waals surface area contributed by atoms with Crippen molar-refractivity contribution >= 4 is 32.5 Å². The maximum absolute atomic E-state index is 12.8. The second-order valence-electron chi connectivity index (χ2n) is 6.74. The van der Waals surface area contributed by atoms with Crippen LogP contribution in [0.4, 0.5) is 0 Å². The summed E-state index contributed by atoms with van der Waals surface area (Å²) in [5.41, 5.74) is 0. The smallest absolute Gasteiger partial charge is 0.243 e. The lowest BCUT2D eigenvalue weighted by Crippen LogP contribution is -2.42. The molecule has 1 heterocycles. The van der Waals surface area contributed by atoms with Crippen molar-refractivity contribution in [1.82, 2.24) is 14.3 Å². The van der Waals surface area contributed by atoms with Crippen LogP contribution >= 0.6 is 12.4 Å². The number of nitrogens with one attached hydrogen (secondary N) is 2. The number of rotatable bonds is 7. The standard InChI is InChI=1S/C16H27N3O4S2.ClH/c1-13-10-14(2)12-19(11-13)25(22,23)16-6-4-15(5-7-16)24(20,21)18-9-8-17-3;/h4-7,13-14,17-18H,8-12H2,1-3H3;1H. The van der Waals surface area contributed by atoms with Crippen LogP contribution in [-0.2, 0) is 20.0 Å². The van der Waals surface area contributed by atoms with Gasteiger partial charge in [0, 0.05) is 26.2 Å². The predicted molar refractivity (Wildman–Crippen MR) is 105 cm³/mol. The molecule has 0 saturated carbocycles. The largest absolute Gasteiger partial charge is 0.318 e. The molecule has 0 amide bonds. The molecule has 1 aromatic carbocycles. The molecule has 0 spiro atoms. The lowest BCUT2D eigenvalue weighted by molar-refractivity contribution is 0.222. The number of nitrogens with zero attached hydrogens (tertiary/aromatic N) is 1. The van der Waals surface area contributed by atoms with Gasteiger partial charge in [-0.2, -0.15) is 4.31 Å². The first-order valence-corrected chi connectivity index (χ1v) is 11.3. The van der Waals surface area contributed by atoms with Crippen molar-refractivity contribution in [1.29, 1.82) is 0 Å². The van der Waals surface area contributed by atoms with Gasteiger partial charge in [0.15, 0.2) is 0 Å². The molecule has 1 aliphatic rings. The first-order valence-electron chi connectivity index (χ1n) is 8.41. The highest BCUT2D eigenvalue weighted by atomic mass is 35.5. The van der Waals surface area contributed by atoms with Gasteiger partial charge in [0.2, 0.25) is 20.0 Å². The number of hydrogen-bond donors (Lipinski definition) is 2. The fraction of sp³-hybridized carbons (Fsp3) is 0.625. The van der Waals surface area contributed by atoms with Crippen molar-refractivity contribution in [3.63, 3.8) is 0 Å². The molecule has 0 aromatic heterocycles. The molecule has 10 heteroatoms. The third kappa shape index (κ3) is 5.64. The van der Waals surface area contributed by atoms with Crippen molar-refractivity contribution in [2.75, 3.05) is 33.2 Å². The number of hydrogen-bond acceptors (Lipinski definition) is 5. The molecule has 0 radical (unpaired) electrons. The maximum atomic E-state index is 12.8. The molecule has 2 atom stereocenters. The van der Waals surface area contributed by atoms with Gasteiger partial charge in [-0.1, -0.05) is 13.8 Å². The summed E-state index contributed by atoms with van der Waals surface area (Å²) in [5, 5.41) is 2.85. The van der Waals surface area contributed by atoms with Crippen LogP contribution in [0.1, 0.15) is 20.3 Å². The summed E-state index contributed by atoms with van der Waals surface area (Å²) in [4.78, 5) is 0.186. The van der Waals surface area contributed by atoms with Crippen molar-refractivity contribution in [2.24, 2.45) is 11.8 Å². The molecule has 26 heavy (non-hydrogen) atoms. The zero-order valence-corrected chi connectivity index (χ0v) is 17.8. The van der Waals surface area contributed by atoms with Gasteiger partial charge in [0.25, 0.3) is 0 Å². The van der Waals surface area contributed by atoms with E-state index in [1.54, 1.807) is 7.05 Å². The molecule has 0 bridgehead atoms. The minimum atomic E-state index is -3.64. The highest BCUT2D eigenvalue weighted by molar-refractivity contribution is 7.89. The molecule has 2 N–H and O–H groups in total. The summed E-state index contributed by atoms with van der Waals surface area (Å²) in [6.45, 7) is 5.87. The maximum Gasteiger partial charge on any atom is 0.243 e. The summed E-state index contributed by atoms with van der Waals surface area (Å²) in [6.07, 6.45) is 1.02. The van der Waals surface area contributed by atoms with Crippen molar-refractivity contribution in [3.8, 4) is 0 Å². The Morgan fingerprint density at radius 1 is 0.962 bits per heavy atom. The molecule has 0 aliphatic carbocycles. The molecular weight excluding hydrogens is 398 g/mol. The van der Waals surface area contributed by atoms with Crippen molar-refractivity contribution < 1.29 is 16.8 Å². The normalized spacial score (nSPS) is 22.0. The van der Waals surface area contributed by atoms with E-state index in [-0.39, 0.29) is 28.7 Å². The minimum absolute atomic E-state index is 0. The molecule has 150 valence electrons. The molecule has 2 rings (SSSR count). The van der Waals surface area contributed by atoms with E-state index in [0.29, 0.717) is 31.5 Å². The lowest BCUT2D eigenvalue weighted by Gasteiger charge is -2.34. The second kappa shape index (κ2) is 9.48. The van der Waals surface area contributed by atoms with E-state index >= 15 is 0 Å². The summed E-state index contributed by atoms with van der Waals surface area (Å²) >= 11 is 0. The van der Waals surface area contributed by atoms with Crippen molar-refractivity contribution in [2.45, 2.75) is 30.1 Å². The Kier molecular flexibility index (Phi) is 8.50. The average molecular weight is 426 g/mol. The van der Waals surface area contributed by atoms with Crippen LogP contribution < -0.4 is 10.0 Å². The van der Waals surface area contributed by atoms with E-state index in [1.807, 2.05) is 13.8 Å². The number of likely N-dealkylation sites (N-methyl/N-ethyl adjacent to an activating group) is 1. The SMILES string of the molecule is CNCCNS(=O)(=O)c1ccc(S(=O)(=O)N2CC(C)CC(C)C2)cc1.Cl. The third-order valence-electron chi connectivity index (χ3n) is 4.27. The Morgan fingerprint density at radius 3 is 1.96 bits per heavy atom.